The molecule has 1 aliphatic heterocycles. The maximum Gasteiger partial charge on any atom is 0.303 e. The first-order chi connectivity index (χ1) is 12.0. The first-order valence-corrected chi connectivity index (χ1v) is 8.24. The Kier molecular flexibility index (Phi) is 4.93. The summed E-state index contributed by atoms with van der Waals surface area (Å²) in [7, 11) is 0. The topological polar surface area (TPSA) is 74.7 Å². The standard InChI is InChI=1S/C20H19NO4/c22-18-12-17(10-11-19(23)24)21(13-18)20(25)16-8-6-15(7-9-16)14-4-2-1-3-5-14/h1-9,17H,10-13H2,(H,23,24)/t17-/m1/s1. The lowest BCUT2D eigenvalue weighted by Crippen LogP contribution is -2.36. The van der Waals surface area contributed by atoms with Crippen molar-refractivity contribution >= 4 is 17.7 Å². The van der Waals surface area contributed by atoms with Crippen LogP contribution in [-0.2, 0) is 9.59 Å². The molecule has 0 aromatic heterocycles. The molecule has 1 saturated heterocycles. The fraction of sp³-hybridized carbons (Fsp3) is 0.250. The van der Waals surface area contributed by atoms with E-state index < -0.39 is 5.97 Å². The Morgan fingerprint density at radius 2 is 1.64 bits per heavy atom. The number of benzene rings is 2. The van der Waals surface area contributed by atoms with Crippen molar-refractivity contribution in [2.24, 2.45) is 0 Å². The molecule has 1 heterocycles. The van der Waals surface area contributed by atoms with Gasteiger partial charge in [0.25, 0.3) is 5.91 Å². The number of hydrogen-bond donors (Lipinski definition) is 1. The van der Waals surface area contributed by atoms with Gasteiger partial charge in [0.15, 0.2) is 5.78 Å². The Morgan fingerprint density at radius 3 is 2.28 bits per heavy atom. The summed E-state index contributed by atoms with van der Waals surface area (Å²) in [5, 5.41) is 8.83. The van der Waals surface area contributed by atoms with E-state index in [1.807, 2.05) is 42.5 Å². The highest BCUT2D eigenvalue weighted by Crippen LogP contribution is 2.24. The number of hydrogen-bond acceptors (Lipinski definition) is 3. The molecule has 1 N–H and O–H groups in total. The number of carboxylic acids is 1. The van der Waals surface area contributed by atoms with Gasteiger partial charge >= 0.3 is 5.97 Å². The smallest absolute Gasteiger partial charge is 0.303 e. The third kappa shape index (κ3) is 3.94. The predicted octanol–water partition coefficient (Wildman–Crippen LogP) is 3.00. The SMILES string of the molecule is O=C(O)CC[C@@H]1CC(=O)CN1C(=O)c1ccc(-c2ccccc2)cc1. The molecule has 0 bridgehead atoms. The van der Waals surface area contributed by atoms with Crippen molar-refractivity contribution in [3.05, 3.63) is 60.2 Å². The fourth-order valence-corrected chi connectivity index (χ4v) is 3.14. The number of carboxylic acid groups (broad SMARTS) is 1. The number of likely N-dealkylation sites (tertiary alicyclic amines) is 1. The van der Waals surface area contributed by atoms with Crippen LogP contribution in [0.3, 0.4) is 0 Å². The van der Waals surface area contributed by atoms with Gasteiger partial charge in [0.05, 0.1) is 6.54 Å². The molecule has 1 fully saturated rings. The molecular weight excluding hydrogens is 318 g/mol. The Labute approximate surface area is 145 Å². The maximum atomic E-state index is 12.7. The summed E-state index contributed by atoms with van der Waals surface area (Å²) in [6.07, 6.45) is 0.491. The fourth-order valence-electron chi connectivity index (χ4n) is 3.14. The van der Waals surface area contributed by atoms with Gasteiger partial charge in [-0.05, 0) is 29.7 Å². The summed E-state index contributed by atoms with van der Waals surface area (Å²) in [6, 6.07) is 16.8. The quantitative estimate of drug-likeness (QED) is 0.910. The second kappa shape index (κ2) is 7.30. The van der Waals surface area contributed by atoms with E-state index in [-0.39, 0.29) is 37.1 Å². The van der Waals surface area contributed by atoms with E-state index in [2.05, 4.69) is 0 Å². The highest BCUT2D eigenvalue weighted by Gasteiger charge is 2.34. The summed E-state index contributed by atoms with van der Waals surface area (Å²) in [4.78, 5) is 36.7. The van der Waals surface area contributed by atoms with Gasteiger partial charge in [-0.3, -0.25) is 14.4 Å². The molecule has 1 amide bonds. The monoisotopic (exact) mass is 337 g/mol. The molecule has 25 heavy (non-hydrogen) atoms. The van der Waals surface area contributed by atoms with Crippen molar-refractivity contribution in [3.8, 4) is 11.1 Å². The normalized spacial score (nSPS) is 16.9. The minimum absolute atomic E-state index is 0.0235. The van der Waals surface area contributed by atoms with Gasteiger partial charge in [-0.15, -0.1) is 0 Å². The van der Waals surface area contributed by atoms with Gasteiger partial charge in [-0.25, -0.2) is 0 Å². The van der Waals surface area contributed by atoms with Crippen molar-refractivity contribution in [1.82, 2.24) is 4.90 Å². The molecular formula is C20H19NO4. The first kappa shape index (κ1) is 16.9. The maximum absolute atomic E-state index is 12.7. The summed E-state index contributed by atoms with van der Waals surface area (Å²) in [6.45, 7) is 0.0591. The Morgan fingerprint density at radius 1 is 1.00 bits per heavy atom. The number of aliphatic carboxylic acids is 1. The number of carbonyl (C=O) groups excluding carboxylic acids is 2. The van der Waals surface area contributed by atoms with Crippen LogP contribution >= 0.6 is 0 Å². The second-order valence-electron chi connectivity index (χ2n) is 6.21. The van der Waals surface area contributed by atoms with Crippen LogP contribution in [0.15, 0.2) is 54.6 Å². The number of nitrogens with zero attached hydrogens (tertiary/aromatic N) is 1. The zero-order valence-corrected chi connectivity index (χ0v) is 13.7. The number of rotatable bonds is 5. The van der Waals surface area contributed by atoms with E-state index in [9.17, 15) is 14.4 Å². The third-order valence-corrected chi connectivity index (χ3v) is 4.44. The van der Waals surface area contributed by atoms with E-state index in [4.69, 9.17) is 5.11 Å². The minimum atomic E-state index is -0.918. The van der Waals surface area contributed by atoms with Crippen molar-refractivity contribution in [3.63, 3.8) is 0 Å². The zero-order chi connectivity index (χ0) is 17.8. The Hall–Kier alpha value is -2.95. The van der Waals surface area contributed by atoms with Crippen molar-refractivity contribution < 1.29 is 19.5 Å². The Balaban J connectivity index is 1.75. The van der Waals surface area contributed by atoms with Crippen LogP contribution < -0.4 is 0 Å². The molecule has 0 radical (unpaired) electrons. The molecule has 128 valence electrons. The van der Waals surface area contributed by atoms with Crippen LogP contribution in [0, 0.1) is 0 Å². The minimum Gasteiger partial charge on any atom is -0.481 e. The average Bonchev–Trinajstić information content (AvgIpc) is 3.01. The van der Waals surface area contributed by atoms with E-state index in [1.54, 1.807) is 12.1 Å². The molecule has 0 aliphatic carbocycles. The third-order valence-electron chi connectivity index (χ3n) is 4.44. The summed E-state index contributed by atoms with van der Waals surface area (Å²) >= 11 is 0. The first-order valence-electron chi connectivity index (χ1n) is 8.24. The van der Waals surface area contributed by atoms with Crippen LogP contribution in [0.2, 0.25) is 0 Å². The molecule has 2 aromatic carbocycles. The van der Waals surface area contributed by atoms with E-state index in [0.29, 0.717) is 12.0 Å². The average molecular weight is 337 g/mol. The second-order valence-corrected chi connectivity index (χ2v) is 6.21. The molecule has 1 aliphatic rings. The largest absolute Gasteiger partial charge is 0.481 e. The van der Waals surface area contributed by atoms with Crippen LogP contribution in [-0.4, -0.2) is 40.3 Å². The van der Waals surface area contributed by atoms with Crippen LogP contribution in [0.25, 0.3) is 11.1 Å². The van der Waals surface area contributed by atoms with Crippen molar-refractivity contribution in [2.75, 3.05) is 6.54 Å². The highest BCUT2D eigenvalue weighted by molar-refractivity contribution is 5.99. The van der Waals surface area contributed by atoms with Crippen molar-refractivity contribution in [1.29, 1.82) is 0 Å². The molecule has 0 saturated carbocycles. The summed E-state index contributed by atoms with van der Waals surface area (Å²) in [5.74, 6) is -1.16. The lowest BCUT2D eigenvalue weighted by atomic mass is 10.0. The molecule has 5 nitrogen and oxygen atoms in total. The van der Waals surface area contributed by atoms with Gasteiger partial charge in [0.1, 0.15) is 0 Å². The summed E-state index contributed by atoms with van der Waals surface area (Å²) in [5.41, 5.74) is 2.59. The van der Waals surface area contributed by atoms with Gasteiger partial charge < -0.3 is 10.0 Å². The lowest BCUT2D eigenvalue weighted by Gasteiger charge is -2.23. The van der Waals surface area contributed by atoms with Gasteiger partial charge in [-0.2, -0.15) is 0 Å². The number of carbonyl (C=O) groups is 3. The number of Topliss-reactive ketones (excluding diaryl/α,β-unsaturated/α-hetero) is 1. The molecule has 3 rings (SSSR count). The Bertz CT molecular complexity index is 783. The number of ketones is 1. The molecule has 0 unspecified atom stereocenters. The summed E-state index contributed by atoms with van der Waals surface area (Å²) < 4.78 is 0. The van der Waals surface area contributed by atoms with Crippen LogP contribution in [0.4, 0.5) is 0 Å². The zero-order valence-electron chi connectivity index (χ0n) is 13.7. The van der Waals surface area contributed by atoms with Crippen LogP contribution in [0.5, 0.6) is 0 Å². The predicted molar refractivity (Wildman–Crippen MR) is 93.2 cm³/mol. The van der Waals surface area contributed by atoms with Crippen molar-refractivity contribution in [2.45, 2.75) is 25.3 Å². The lowest BCUT2D eigenvalue weighted by molar-refractivity contribution is -0.137. The van der Waals surface area contributed by atoms with Crippen LogP contribution in [0.1, 0.15) is 29.6 Å². The highest BCUT2D eigenvalue weighted by atomic mass is 16.4. The van der Waals surface area contributed by atoms with E-state index >= 15 is 0 Å². The van der Waals surface area contributed by atoms with E-state index in [0.717, 1.165) is 11.1 Å². The van der Waals surface area contributed by atoms with Gasteiger partial charge in [0.2, 0.25) is 0 Å². The molecule has 0 spiro atoms. The van der Waals surface area contributed by atoms with Gasteiger partial charge in [-0.1, -0.05) is 42.5 Å². The molecule has 1 atom stereocenters. The van der Waals surface area contributed by atoms with E-state index in [1.165, 1.54) is 4.90 Å². The van der Waals surface area contributed by atoms with Gasteiger partial charge in [0, 0.05) is 24.4 Å². The molecule has 2 aromatic rings. The molecule has 5 heteroatoms. The number of amides is 1.